The van der Waals surface area contributed by atoms with Crippen LogP contribution in [0.5, 0.6) is 0 Å². The highest BCUT2D eigenvalue weighted by atomic mass is 32.2. The summed E-state index contributed by atoms with van der Waals surface area (Å²) in [6, 6.07) is 1.91. The van der Waals surface area contributed by atoms with Gasteiger partial charge in [-0.2, -0.15) is 0 Å². The van der Waals surface area contributed by atoms with Crippen molar-refractivity contribution in [3.63, 3.8) is 0 Å². The second-order valence-corrected chi connectivity index (χ2v) is 8.89. The van der Waals surface area contributed by atoms with Crippen LogP contribution in [0.15, 0.2) is 18.2 Å². The molecule has 136 valence electrons. The fraction of sp³-hybridized carbons (Fsp3) is 0.467. The van der Waals surface area contributed by atoms with Crippen molar-refractivity contribution in [3.05, 3.63) is 29.8 Å². The van der Waals surface area contributed by atoms with Crippen LogP contribution in [0.1, 0.15) is 0 Å². The molecule has 1 aromatic carbocycles. The van der Waals surface area contributed by atoms with Gasteiger partial charge < -0.3 is 14.7 Å². The Bertz CT molecular complexity index is 844. The summed E-state index contributed by atoms with van der Waals surface area (Å²) in [4.78, 5) is 16.4. The molecule has 2 aliphatic heterocycles. The summed E-state index contributed by atoms with van der Waals surface area (Å²) in [5.41, 5.74) is 0.0123. The molecule has 6 nitrogen and oxygen atoms in total. The predicted octanol–water partition coefficient (Wildman–Crippen LogP) is 0.626. The van der Waals surface area contributed by atoms with E-state index in [0.29, 0.717) is 0 Å². The molecule has 1 amide bonds. The van der Waals surface area contributed by atoms with E-state index < -0.39 is 33.6 Å². The SMILES string of the molecule is CN(C)C(=O)CN1C(=S)N(c2ccc(F)cc2F)[C@H]2CS(=O)(=O)C[C@@H]21. The molecule has 0 aliphatic carbocycles. The number of halogens is 2. The zero-order valence-corrected chi connectivity index (χ0v) is 15.3. The van der Waals surface area contributed by atoms with Gasteiger partial charge in [0.15, 0.2) is 14.9 Å². The van der Waals surface area contributed by atoms with Crippen LogP contribution in [0.2, 0.25) is 0 Å². The fourth-order valence-electron chi connectivity index (χ4n) is 3.21. The van der Waals surface area contributed by atoms with Crippen molar-refractivity contribution in [2.24, 2.45) is 0 Å². The molecule has 0 bridgehead atoms. The lowest BCUT2D eigenvalue weighted by Gasteiger charge is -2.26. The summed E-state index contributed by atoms with van der Waals surface area (Å²) in [5.74, 6) is -2.15. The van der Waals surface area contributed by atoms with Crippen LogP contribution in [0.4, 0.5) is 14.5 Å². The highest BCUT2D eigenvalue weighted by molar-refractivity contribution is 7.91. The summed E-state index contributed by atoms with van der Waals surface area (Å²) >= 11 is 5.40. The molecule has 0 spiro atoms. The van der Waals surface area contributed by atoms with Crippen molar-refractivity contribution in [2.75, 3.05) is 37.0 Å². The summed E-state index contributed by atoms with van der Waals surface area (Å²) in [6.07, 6.45) is 0. The van der Waals surface area contributed by atoms with E-state index in [1.54, 1.807) is 14.1 Å². The molecule has 0 aromatic heterocycles. The molecule has 0 unspecified atom stereocenters. The number of hydrogen-bond donors (Lipinski definition) is 0. The van der Waals surface area contributed by atoms with Crippen LogP contribution in [-0.2, 0) is 14.6 Å². The molecule has 2 fully saturated rings. The third kappa shape index (κ3) is 3.20. The van der Waals surface area contributed by atoms with Crippen LogP contribution < -0.4 is 4.90 Å². The highest BCUT2D eigenvalue weighted by Gasteiger charge is 2.53. The van der Waals surface area contributed by atoms with Crippen molar-refractivity contribution in [1.82, 2.24) is 9.80 Å². The van der Waals surface area contributed by atoms with E-state index in [4.69, 9.17) is 12.2 Å². The van der Waals surface area contributed by atoms with E-state index in [1.807, 2.05) is 0 Å². The maximum Gasteiger partial charge on any atom is 0.241 e. The molecule has 25 heavy (non-hydrogen) atoms. The topological polar surface area (TPSA) is 60.9 Å². The van der Waals surface area contributed by atoms with E-state index in [2.05, 4.69) is 0 Å². The highest BCUT2D eigenvalue weighted by Crippen LogP contribution is 2.36. The Morgan fingerprint density at radius 2 is 1.92 bits per heavy atom. The molecular formula is C15H17F2N3O3S2. The fourth-order valence-corrected chi connectivity index (χ4v) is 5.59. The smallest absolute Gasteiger partial charge is 0.241 e. The second-order valence-electron chi connectivity index (χ2n) is 6.38. The largest absolute Gasteiger partial charge is 0.347 e. The Balaban J connectivity index is 2.01. The molecule has 1 aromatic rings. The van der Waals surface area contributed by atoms with Gasteiger partial charge in [0.25, 0.3) is 0 Å². The summed E-state index contributed by atoms with van der Waals surface area (Å²) < 4.78 is 51.6. The number of sulfone groups is 1. The number of carbonyl (C=O) groups excluding carboxylic acids is 1. The number of fused-ring (bicyclic) bond motifs is 1. The Morgan fingerprint density at radius 3 is 2.52 bits per heavy atom. The van der Waals surface area contributed by atoms with E-state index in [-0.39, 0.29) is 34.8 Å². The zero-order chi connectivity index (χ0) is 18.5. The molecule has 10 heteroatoms. The van der Waals surface area contributed by atoms with Gasteiger partial charge in [-0.3, -0.25) is 4.79 Å². The van der Waals surface area contributed by atoms with Gasteiger partial charge in [-0.05, 0) is 24.4 Å². The molecule has 2 heterocycles. The normalized spacial score (nSPS) is 24.6. The van der Waals surface area contributed by atoms with Gasteiger partial charge >= 0.3 is 0 Å². The summed E-state index contributed by atoms with van der Waals surface area (Å²) in [6.45, 7) is -0.0954. The Morgan fingerprint density at radius 1 is 1.28 bits per heavy atom. The number of thiocarbonyl (C=S) groups is 1. The number of rotatable bonds is 3. The number of carbonyl (C=O) groups is 1. The first kappa shape index (κ1) is 18.0. The van der Waals surface area contributed by atoms with E-state index in [9.17, 15) is 22.0 Å². The maximum atomic E-state index is 14.3. The first-order chi connectivity index (χ1) is 11.6. The van der Waals surface area contributed by atoms with Crippen molar-refractivity contribution in [1.29, 1.82) is 0 Å². The predicted molar refractivity (Wildman–Crippen MR) is 93.1 cm³/mol. The lowest BCUT2D eigenvalue weighted by atomic mass is 10.1. The average Bonchev–Trinajstić information content (AvgIpc) is 2.92. The standard InChI is InChI=1S/C15H17F2N3O3S2/c1-18(2)14(21)6-19-12-7-25(22,23)8-13(12)20(15(19)24)11-4-3-9(16)5-10(11)17/h3-5,12-13H,6-8H2,1-2H3/t12-,13-/m0/s1. The summed E-state index contributed by atoms with van der Waals surface area (Å²) in [7, 11) is -0.174. The van der Waals surface area contributed by atoms with E-state index in [1.165, 1.54) is 20.8 Å². The Hall–Kier alpha value is -1.81. The van der Waals surface area contributed by atoms with Gasteiger partial charge in [0.1, 0.15) is 11.6 Å². The number of hydrogen-bond acceptors (Lipinski definition) is 4. The van der Waals surface area contributed by atoms with Crippen molar-refractivity contribution >= 4 is 38.8 Å². The van der Waals surface area contributed by atoms with Crippen molar-refractivity contribution < 1.29 is 22.0 Å². The molecule has 2 saturated heterocycles. The molecule has 2 atom stereocenters. The first-order valence-corrected chi connectivity index (χ1v) is 9.79. The minimum Gasteiger partial charge on any atom is -0.347 e. The number of nitrogens with zero attached hydrogens (tertiary/aromatic N) is 3. The van der Waals surface area contributed by atoms with E-state index in [0.717, 1.165) is 12.1 Å². The monoisotopic (exact) mass is 389 g/mol. The molecule has 0 radical (unpaired) electrons. The zero-order valence-electron chi connectivity index (χ0n) is 13.6. The Labute approximate surface area is 149 Å². The quantitative estimate of drug-likeness (QED) is 0.707. The number of amides is 1. The van der Waals surface area contributed by atoms with Crippen LogP contribution in [0, 0.1) is 11.6 Å². The van der Waals surface area contributed by atoms with Gasteiger partial charge in [-0.15, -0.1) is 0 Å². The van der Waals surface area contributed by atoms with Gasteiger partial charge in [-0.1, -0.05) is 0 Å². The number of likely N-dealkylation sites (N-methyl/N-ethyl adjacent to an activating group) is 1. The van der Waals surface area contributed by atoms with Gasteiger partial charge in [0.2, 0.25) is 5.91 Å². The third-order valence-electron chi connectivity index (χ3n) is 4.45. The van der Waals surface area contributed by atoms with Crippen LogP contribution in [0.25, 0.3) is 0 Å². The van der Waals surface area contributed by atoms with Crippen LogP contribution in [-0.4, -0.2) is 73.5 Å². The maximum absolute atomic E-state index is 14.3. The van der Waals surface area contributed by atoms with E-state index >= 15 is 0 Å². The lowest BCUT2D eigenvalue weighted by molar-refractivity contribution is -0.129. The van der Waals surface area contributed by atoms with Crippen LogP contribution in [0.3, 0.4) is 0 Å². The average molecular weight is 389 g/mol. The third-order valence-corrected chi connectivity index (χ3v) is 6.58. The first-order valence-electron chi connectivity index (χ1n) is 7.56. The van der Waals surface area contributed by atoms with Gasteiger partial charge in [0, 0.05) is 20.2 Å². The number of anilines is 1. The summed E-state index contributed by atoms with van der Waals surface area (Å²) in [5, 5.41) is 0.172. The molecular weight excluding hydrogens is 372 g/mol. The number of benzene rings is 1. The molecule has 2 aliphatic rings. The lowest BCUT2D eigenvalue weighted by Crippen LogP contribution is -2.44. The molecule has 3 rings (SSSR count). The van der Waals surface area contributed by atoms with Gasteiger partial charge in [-0.25, -0.2) is 17.2 Å². The molecule has 0 N–H and O–H groups in total. The van der Waals surface area contributed by atoms with Gasteiger partial charge in [0.05, 0.1) is 35.8 Å². The molecule has 0 saturated carbocycles. The van der Waals surface area contributed by atoms with Crippen LogP contribution >= 0.6 is 12.2 Å². The Kier molecular flexibility index (Phi) is 4.44. The minimum absolute atomic E-state index is 0.0123. The minimum atomic E-state index is -3.34. The second kappa shape index (κ2) is 6.17. The van der Waals surface area contributed by atoms with Crippen molar-refractivity contribution in [3.8, 4) is 0 Å². The van der Waals surface area contributed by atoms with Crippen molar-refractivity contribution in [2.45, 2.75) is 12.1 Å².